The van der Waals surface area contributed by atoms with Gasteiger partial charge in [-0.25, -0.2) is 4.98 Å². The van der Waals surface area contributed by atoms with E-state index in [1.807, 2.05) is 30.5 Å². The van der Waals surface area contributed by atoms with Crippen molar-refractivity contribution in [1.29, 1.82) is 0 Å². The number of aromatic nitrogens is 1. The molecule has 5 heteroatoms. The van der Waals surface area contributed by atoms with Gasteiger partial charge in [0.1, 0.15) is 0 Å². The van der Waals surface area contributed by atoms with Crippen molar-refractivity contribution in [2.75, 3.05) is 14.2 Å². The summed E-state index contributed by atoms with van der Waals surface area (Å²) < 4.78 is 10.5. The molecule has 102 valence electrons. The lowest BCUT2D eigenvalue weighted by molar-refractivity contribution is 0.354. The maximum Gasteiger partial charge on any atom is 0.160 e. The highest BCUT2D eigenvalue weighted by molar-refractivity contribution is 7.09. The van der Waals surface area contributed by atoms with Crippen molar-refractivity contribution < 1.29 is 9.47 Å². The Kier molecular flexibility index (Phi) is 4.66. The Bertz CT molecular complexity index is 556. The Balaban J connectivity index is 2.14. The van der Waals surface area contributed by atoms with Gasteiger partial charge < -0.3 is 9.47 Å². The third kappa shape index (κ3) is 3.39. The summed E-state index contributed by atoms with van der Waals surface area (Å²) in [6, 6.07) is 5.84. The second-order valence-corrected chi connectivity index (χ2v) is 5.74. The highest BCUT2D eigenvalue weighted by Gasteiger charge is 2.13. The number of hydrogen-bond donors (Lipinski definition) is 0. The van der Waals surface area contributed by atoms with Crippen LogP contribution in [0.4, 0.5) is 0 Å². The molecule has 0 aliphatic rings. The summed E-state index contributed by atoms with van der Waals surface area (Å²) in [5.74, 6) is 1.44. The average molecular weight is 298 g/mol. The first-order valence-corrected chi connectivity index (χ1v) is 7.22. The van der Waals surface area contributed by atoms with Crippen LogP contribution < -0.4 is 9.47 Å². The third-order valence-corrected chi connectivity index (χ3v) is 3.99. The largest absolute Gasteiger partial charge is 0.493 e. The molecule has 19 heavy (non-hydrogen) atoms. The number of methoxy groups -OCH3 is 2. The van der Waals surface area contributed by atoms with Crippen LogP contribution in [0.15, 0.2) is 23.6 Å². The summed E-state index contributed by atoms with van der Waals surface area (Å²) >= 11 is 8.01. The molecule has 0 saturated carbocycles. The van der Waals surface area contributed by atoms with Crippen LogP contribution in [-0.2, 0) is 6.42 Å². The molecule has 0 aliphatic carbocycles. The second kappa shape index (κ2) is 6.26. The molecule has 2 rings (SSSR count). The molecule has 3 nitrogen and oxygen atoms in total. The van der Waals surface area contributed by atoms with Crippen molar-refractivity contribution >= 4 is 22.9 Å². The number of benzene rings is 1. The fourth-order valence-electron chi connectivity index (χ4n) is 1.84. The molecule has 0 amide bonds. The number of hydrogen-bond acceptors (Lipinski definition) is 4. The average Bonchev–Trinajstić information content (AvgIpc) is 2.85. The molecule has 0 fully saturated rings. The highest BCUT2D eigenvalue weighted by atomic mass is 35.5. The summed E-state index contributed by atoms with van der Waals surface area (Å²) in [6.07, 6.45) is 0.713. The van der Waals surface area contributed by atoms with Gasteiger partial charge >= 0.3 is 0 Å². The summed E-state index contributed by atoms with van der Waals surface area (Å²) in [4.78, 5) is 4.41. The Labute approximate surface area is 122 Å². The van der Waals surface area contributed by atoms with Crippen molar-refractivity contribution in [2.45, 2.75) is 18.7 Å². The van der Waals surface area contributed by atoms with E-state index in [0.717, 1.165) is 27.8 Å². The van der Waals surface area contributed by atoms with Gasteiger partial charge in [0.2, 0.25) is 0 Å². The third-order valence-electron chi connectivity index (χ3n) is 2.82. The molecule has 1 atom stereocenters. The van der Waals surface area contributed by atoms with Gasteiger partial charge in [0.25, 0.3) is 0 Å². The molecule has 0 N–H and O–H groups in total. The number of rotatable bonds is 5. The van der Waals surface area contributed by atoms with Gasteiger partial charge in [-0.2, -0.15) is 0 Å². The van der Waals surface area contributed by atoms with Gasteiger partial charge in [0.05, 0.1) is 30.3 Å². The van der Waals surface area contributed by atoms with Gasteiger partial charge in [-0.3, -0.25) is 0 Å². The lowest BCUT2D eigenvalue weighted by Crippen LogP contribution is -1.98. The van der Waals surface area contributed by atoms with Crippen molar-refractivity contribution in [2.24, 2.45) is 0 Å². The van der Waals surface area contributed by atoms with E-state index in [0.29, 0.717) is 6.42 Å². The van der Waals surface area contributed by atoms with Crippen molar-refractivity contribution in [3.8, 4) is 11.5 Å². The van der Waals surface area contributed by atoms with Gasteiger partial charge in [-0.05, 0) is 31.0 Å². The van der Waals surface area contributed by atoms with Crippen LogP contribution in [-0.4, -0.2) is 19.2 Å². The van der Waals surface area contributed by atoms with Crippen molar-refractivity contribution in [3.05, 3.63) is 39.8 Å². The number of halogens is 1. The summed E-state index contributed by atoms with van der Waals surface area (Å²) in [5.41, 5.74) is 2.03. The zero-order valence-electron chi connectivity index (χ0n) is 11.1. The quantitative estimate of drug-likeness (QED) is 0.782. The Morgan fingerprint density at radius 1 is 1.26 bits per heavy atom. The summed E-state index contributed by atoms with van der Waals surface area (Å²) in [6.45, 7) is 1.98. The normalized spacial score (nSPS) is 12.2. The minimum absolute atomic E-state index is 0.122. The molecule has 1 aromatic carbocycles. The molecule has 0 spiro atoms. The molecule has 1 heterocycles. The van der Waals surface area contributed by atoms with Crippen LogP contribution in [0, 0.1) is 6.92 Å². The molecular formula is C14H16ClNO2S. The minimum atomic E-state index is -0.122. The molecule has 1 aromatic heterocycles. The van der Waals surface area contributed by atoms with Crippen LogP contribution in [0.25, 0.3) is 0 Å². The number of ether oxygens (including phenoxy) is 2. The van der Waals surface area contributed by atoms with E-state index in [-0.39, 0.29) is 5.38 Å². The van der Waals surface area contributed by atoms with Gasteiger partial charge in [-0.15, -0.1) is 22.9 Å². The van der Waals surface area contributed by atoms with Crippen LogP contribution in [0.1, 0.15) is 21.6 Å². The lowest BCUT2D eigenvalue weighted by atomic mass is 10.1. The number of thiazole rings is 1. The van der Waals surface area contributed by atoms with Crippen LogP contribution in [0.5, 0.6) is 11.5 Å². The first-order valence-electron chi connectivity index (χ1n) is 5.91. The summed E-state index contributed by atoms with van der Waals surface area (Å²) in [5, 5.41) is 2.92. The standard InChI is InChI=1S/C14H16ClNO2S/c1-9-16-12(8-19-9)11(15)6-10-4-5-13(17-2)14(7-10)18-3/h4-5,7-8,11H,6H2,1-3H3. The number of aryl methyl sites for hydroxylation is 1. The smallest absolute Gasteiger partial charge is 0.160 e. The fraction of sp³-hybridized carbons (Fsp3) is 0.357. The van der Waals surface area contributed by atoms with Crippen LogP contribution >= 0.6 is 22.9 Å². The number of alkyl halides is 1. The van der Waals surface area contributed by atoms with Gasteiger partial charge in [0.15, 0.2) is 11.5 Å². The predicted octanol–water partition coefficient (Wildman–Crippen LogP) is 3.99. The van der Waals surface area contributed by atoms with Crippen molar-refractivity contribution in [3.63, 3.8) is 0 Å². The van der Waals surface area contributed by atoms with E-state index in [1.54, 1.807) is 25.6 Å². The fourth-order valence-corrected chi connectivity index (χ4v) is 2.87. The molecule has 2 aromatic rings. The van der Waals surface area contributed by atoms with E-state index in [4.69, 9.17) is 21.1 Å². The first-order chi connectivity index (χ1) is 9.13. The van der Waals surface area contributed by atoms with Crippen molar-refractivity contribution in [1.82, 2.24) is 4.98 Å². The Morgan fingerprint density at radius 3 is 2.58 bits per heavy atom. The lowest BCUT2D eigenvalue weighted by Gasteiger charge is -2.11. The molecular weight excluding hydrogens is 282 g/mol. The van der Waals surface area contributed by atoms with Crippen LogP contribution in [0.2, 0.25) is 0 Å². The Morgan fingerprint density at radius 2 is 2.00 bits per heavy atom. The first kappa shape index (κ1) is 14.2. The second-order valence-electron chi connectivity index (χ2n) is 4.15. The molecule has 1 unspecified atom stereocenters. The monoisotopic (exact) mass is 297 g/mol. The molecule has 0 saturated heterocycles. The van der Waals surface area contributed by atoms with E-state index < -0.39 is 0 Å². The molecule has 0 bridgehead atoms. The zero-order chi connectivity index (χ0) is 13.8. The van der Waals surface area contributed by atoms with Gasteiger partial charge in [0, 0.05) is 5.38 Å². The van der Waals surface area contributed by atoms with E-state index >= 15 is 0 Å². The topological polar surface area (TPSA) is 31.4 Å². The van der Waals surface area contributed by atoms with Gasteiger partial charge in [-0.1, -0.05) is 6.07 Å². The molecule has 0 radical (unpaired) electrons. The summed E-state index contributed by atoms with van der Waals surface area (Å²) in [7, 11) is 3.25. The maximum atomic E-state index is 6.40. The number of nitrogens with zero attached hydrogens (tertiary/aromatic N) is 1. The maximum absolute atomic E-state index is 6.40. The van der Waals surface area contributed by atoms with Crippen LogP contribution in [0.3, 0.4) is 0 Å². The van der Waals surface area contributed by atoms with E-state index in [2.05, 4.69) is 4.98 Å². The predicted molar refractivity (Wildman–Crippen MR) is 78.7 cm³/mol. The van der Waals surface area contributed by atoms with E-state index in [1.165, 1.54) is 0 Å². The highest BCUT2D eigenvalue weighted by Crippen LogP contribution is 2.31. The molecule has 0 aliphatic heterocycles. The Hall–Kier alpha value is -1.26. The SMILES string of the molecule is COc1ccc(CC(Cl)c2csc(C)n2)cc1OC. The van der Waals surface area contributed by atoms with E-state index in [9.17, 15) is 0 Å². The minimum Gasteiger partial charge on any atom is -0.493 e. The zero-order valence-corrected chi connectivity index (χ0v) is 12.7.